The van der Waals surface area contributed by atoms with Crippen LogP contribution in [-0.4, -0.2) is 72.5 Å². The molecule has 2 aliphatic rings. The molecule has 4 rings (SSSR count). The normalized spacial score (nSPS) is 17.7. The van der Waals surface area contributed by atoms with E-state index in [2.05, 4.69) is 39.5 Å². The van der Waals surface area contributed by atoms with E-state index < -0.39 is 0 Å². The molecule has 1 aromatic carbocycles. The molecule has 1 aromatic heterocycles. The number of urea groups is 1. The summed E-state index contributed by atoms with van der Waals surface area (Å²) in [5.74, 6) is 1.45. The number of aromatic nitrogens is 1. The largest absolute Gasteiger partial charge is 0.353 e. The molecule has 0 aliphatic carbocycles. The van der Waals surface area contributed by atoms with Gasteiger partial charge < -0.3 is 20.0 Å². The number of likely N-dealkylation sites (tertiary alicyclic amines) is 1. The summed E-state index contributed by atoms with van der Waals surface area (Å²) < 4.78 is 0. The average Bonchev–Trinajstić information content (AvgIpc) is 2.83. The summed E-state index contributed by atoms with van der Waals surface area (Å²) in [6.45, 7) is 4.29. The highest BCUT2D eigenvalue weighted by atomic mass is 16.2. The summed E-state index contributed by atoms with van der Waals surface area (Å²) in [5.41, 5.74) is 1.35. The van der Waals surface area contributed by atoms with Gasteiger partial charge in [0.05, 0.1) is 6.54 Å². The zero-order valence-corrected chi connectivity index (χ0v) is 17.2. The van der Waals surface area contributed by atoms with Crippen molar-refractivity contribution in [1.82, 2.24) is 20.1 Å². The van der Waals surface area contributed by atoms with Crippen molar-refractivity contribution in [1.29, 1.82) is 0 Å². The molecule has 7 nitrogen and oxygen atoms in total. The van der Waals surface area contributed by atoms with Gasteiger partial charge in [0.2, 0.25) is 5.91 Å². The minimum Gasteiger partial charge on any atom is -0.353 e. The summed E-state index contributed by atoms with van der Waals surface area (Å²) >= 11 is 0. The summed E-state index contributed by atoms with van der Waals surface area (Å²) in [6, 6.07) is 16.2. The molecule has 0 atom stereocenters. The Kier molecular flexibility index (Phi) is 6.47. The number of benzene rings is 1. The van der Waals surface area contributed by atoms with Crippen molar-refractivity contribution >= 4 is 17.8 Å². The fraction of sp³-hybridized carbons (Fsp3) is 0.435. The molecule has 2 saturated heterocycles. The number of nitrogens with one attached hydrogen (secondary N) is 1. The first-order valence-electron chi connectivity index (χ1n) is 10.7. The predicted molar refractivity (Wildman–Crippen MR) is 116 cm³/mol. The van der Waals surface area contributed by atoms with Crippen molar-refractivity contribution in [2.24, 2.45) is 0 Å². The van der Waals surface area contributed by atoms with Crippen molar-refractivity contribution in [3.05, 3.63) is 60.3 Å². The van der Waals surface area contributed by atoms with E-state index in [0.717, 1.165) is 44.8 Å². The SMILES string of the molecule is O=C(CNC(=O)N1CCN(c2ccccn2)CC1)N1CCC(c2ccccc2)CC1. The summed E-state index contributed by atoms with van der Waals surface area (Å²) in [6.07, 6.45) is 3.72. The van der Waals surface area contributed by atoms with Crippen LogP contribution in [0, 0.1) is 0 Å². The Morgan fingerprint density at radius 2 is 1.57 bits per heavy atom. The second-order valence-corrected chi connectivity index (χ2v) is 7.89. The van der Waals surface area contributed by atoms with Crippen LogP contribution in [0.1, 0.15) is 24.3 Å². The molecular formula is C23H29N5O2. The number of carbonyl (C=O) groups is 2. The molecule has 158 valence electrons. The van der Waals surface area contributed by atoms with Gasteiger partial charge >= 0.3 is 6.03 Å². The number of hydrogen-bond acceptors (Lipinski definition) is 4. The van der Waals surface area contributed by atoms with Gasteiger partial charge in [-0.2, -0.15) is 0 Å². The van der Waals surface area contributed by atoms with Gasteiger partial charge in [0.25, 0.3) is 0 Å². The highest BCUT2D eigenvalue weighted by Crippen LogP contribution is 2.27. The number of piperidine rings is 1. The highest BCUT2D eigenvalue weighted by Gasteiger charge is 2.25. The first-order valence-corrected chi connectivity index (χ1v) is 10.7. The zero-order valence-electron chi connectivity index (χ0n) is 17.2. The lowest BCUT2D eigenvalue weighted by atomic mass is 9.89. The lowest BCUT2D eigenvalue weighted by molar-refractivity contribution is -0.131. The van der Waals surface area contributed by atoms with Crippen LogP contribution in [0.2, 0.25) is 0 Å². The fourth-order valence-corrected chi connectivity index (χ4v) is 4.24. The molecule has 3 amide bonds. The Morgan fingerprint density at radius 3 is 2.23 bits per heavy atom. The number of piperazine rings is 1. The third kappa shape index (κ3) is 4.90. The lowest BCUT2D eigenvalue weighted by Crippen LogP contribution is -2.53. The number of pyridine rings is 1. The van der Waals surface area contributed by atoms with Crippen LogP contribution in [-0.2, 0) is 4.79 Å². The van der Waals surface area contributed by atoms with Crippen LogP contribution >= 0.6 is 0 Å². The average molecular weight is 408 g/mol. The van der Waals surface area contributed by atoms with Gasteiger partial charge in [-0.15, -0.1) is 0 Å². The second kappa shape index (κ2) is 9.61. The van der Waals surface area contributed by atoms with Crippen molar-refractivity contribution in [3.63, 3.8) is 0 Å². The molecule has 0 spiro atoms. The van der Waals surface area contributed by atoms with Crippen LogP contribution in [0.4, 0.5) is 10.6 Å². The Balaban J connectivity index is 1.18. The smallest absolute Gasteiger partial charge is 0.317 e. The third-order valence-electron chi connectivity index (χ3n) is 6.05. The topological polar surface area (TPSA) is 68.8 Å². The lowest BCUT2D eigenvalue weighted by Gasteiger charge is -2.35. The maximum absolute atomic E-state index is 12.5. The Bertz CT molecular complexity index is 758. The van der Waals surface area contributed by atoms with E-state index in [1.54, 1.807) is 11.1 Å². The van der Waals surface area contributed by atoms with E-state index in [-0.39, 0.29) is 18.5 Å². The van der Waals surface area contributed by atoms with Crippen molar-refractivity contribution in [2.45, 2.75) is 18.8 Å². The standard InChI is InChI=1S/C23H29N5O2/c29-22(27-12-9-20(10-13-27)19-6-2-1-3-7-19)18-25-23(30)28-16-14-26(15-17-28)21-8-4-5-11-24-21/h1-8,11,20H,9-10,12-18H2,(H,25,30). The third-order valence-corrected chi connectivity index (χ3v) is 6.05. The summed E-state index contributed by atoms with van der Waals surface area (Å²) in [7, 11) is 0. The van der Waals surface area contributed by atoms with Crippen molar-refractivity contribution < 1.29 is 9.59 Å². The summed E-state index contributed by atoms with van der Waals surface area (Å²) in [4.78, 5) is 35.2. The molecule has 1 N–H and O–H groups in total. The van der Waals surface area contributed by atoms with Gasteiger partial charge in [-0.25, -0.2) is 9.78 Å². The first-order chi connectivity index (χ1) is 14.7. The van der Waals surface area contributed by atoms with Crippen LogP contribution in [0.25, 0.3) is 0 Å². The van der Waals surface area contributed by atoms with E-state index in [4.69, 9.17) is 0 Å². The second-order valence-electron chi connectivity index (χ2n) is 7.89. The van der Waals surface area contributed by atoms with Crippen LogP contribution in [0.5, 0.6) is 0 Å². The van der Waals surface area contributed by atoms with Gasteiger partial charge in [-0.05, 0) is 36.5 Å². The van der Waals surface area contributed by atoms with Crippen molar-refractivity contribution in [2.75, 3.05) is 50.7 Å². The van der Waals surface area contributed by atoms with Crippen molar-refractivity contribution in [3.8, 4) is 0 Å². The van der Waals surface area contributed by atoms with E-state index >= 15 is 0 Å². The first kappa shape index (κ1) is 20.2. The number of anilines is 1. The molecule has 2 aromatic rings. The quantitative estimate of drug-likeness (QED) is 0.845. The molecule has 2 fully saturated rings. The maximum Gasteiger partial charge on any atom is 0.317 e. The monoisotopic (exact) mass is 407 g/mol. The number of hydrogen-bond donors (Lipinski definition) is 1. The molecule has 0 radical (unpaired) electrons. The molecule has 2 aliphatic heterocycles. The van der Waals surface area contributed by atoms with Gasteiger partial charge in [-0.1, -0.05) is 36.4 Å². The Hall–Kier alpha value is -3.09. The minimum absolute atomic E-state index is 0.00184. The molecule has 7 heteroatoms. The molecule has 30 heavy (non-hydrogen) atoms. The van der Waals surface area contributed by atoms with E-state index in [1.807, 2.05) is 29.2 Å². The molecule has 0 bridgehead atoms. The summed E-state index contributed by atoms with van der Waals surface area (Å²) in [5, 5.41) is 2.81. The number of carbonyl (C=O) groups excluding carboxylic acids is 2. The van der Waals surface area contributed by atoms with Gasteiger partial charge in [0.15, 0.2) is 0 Å². The predicted octanol–water partition coefficient (Wildman–Crippen LogP) is 2.32. The van der Waals surface area contributed by atoms with Crippen LogP contribution < -0.4 is 10.2 Å². The van der Waals surface area contributed by atoms with Crippen LogP contribution in [0.15, 0.2) is 54.7 Å². The highest BCUT2D eigenvalue weighted by molar-refractivity contribution is 5.84. The number of nitrogens with zero attached hydrogens (tertiary/aromatic N) is 4. The molecule has 3 heterocycles. The van der Waals surface area contributed by atoms with E-state index in [1.165, 1.54) is 5.56 Å². The number of amides is 3. The number of rotatable bonds is 4. The molecular weight excluding hydrogens is 378 g/mol. The Labute approximate surface area is 177 Å². The Morgan fingerprint density at radius 1 is 0.867 bits per heavy atom. The van der Waals surface area contributed by atoms with Crippen LogP contribution in [0.3, 0.4) is 0 Å². The fourth-order valence-electron chi connectivity index (χ4n) is 4.24. The van der Waals surface area contributed by atoms with Gasteiger partial charge in [0, 0.05) is 45.5 Å². The zero-order chi connectivity index (χ0) is 20.8. The van der Waals surface area contributed by atoms with Gasteiger partial charge in [-0.3, -0.25) is 4.79 Å². The van der Waals surface area contributed by atoms with Gasteiger partial charge in [0.1, 0.15) is 5.82 Å². The minimum atomic E-state index is -0.164. The molecule has 0 saturated carbocycles. The van der Waals surface area contributed by atoms with E-state index in [9.17, 15) is 9.59 Å². The van der Waals surface area contributed by atoms with E-state index in [0.29, 0.717) is 19.0 Å². The maximum atomic E-state index is 12.5. The molecule has 0 unspecified atom stereocenters.